The molecule has 0 spiro atoms. The Balaban J connectivity index is 5.45. The molecule has 17 nitrogen and oxygen atoms in total. The zero-order chi connectivity index (χ0) is 77.4. The van der Waals surface area contributed by atoms with Gasteiger partial charge in [-0.3, -0.25) is 37.3 Å². The number of hydrogen-bond acceptors (Lipinski definition) is 15. The predicted molar refractivity (Wildman–Crippen MR) is 436 cm³/mol. The number of ether oxygens (including phenoxy) is 4. The molecule has 0 aliphatic carbocycles. The highest BCUT2D eigenvalue weighted by molar-refractivity contribution is 7.47. The van der Waals surface area contributed by atoms with Gasteiger partial charge in [0.15, 0.2) is 12.2 Å². The minimum absolute atomic E-state index is 0.00864. The van der Waals surface area contributed by atoms with E-state index in [1.54, 1.807) is 0 Å². The first-order chi connectivity index (χ1) is 51.7. The largest absolute Gasteiger partial charge is 0.472 e. The van der Waals surface area contributed by atoms with Crippen LogP contribution in [0, 0.1) is 0 Å². The summed E-state index contributed by atoms with van der Waals surface area (Å²) >= 11 is 0. The molecule has 3 N–H and O–H groups in total. The maximum Gasteiger partial charge on any atom is 0.472 e. The van der Waals surface area contributed by atoms with Gasteiger partial charge in [0.2, 0.25) is 0 Å². The van der Waals surface area contributed by atoms with Crippen LogP contribution < -0.4 is 0 Å². The van der Waals surface area contributed by atoms with Crippen molar-refractivity contribution in [2.24, 2.45) is 0 Å². The Hall–Kier alpha value is -5.06. The van der Waals surface area contributed by atoms with Crippen molar-refractivity contribution in [3.63, 3.8) is 0 Å². The molecule has 106 heavy (non-hydrogen) atoms. The van der Waals surface area contributed by atoms with Crippen molar-refractivity contribution < 1.29 is 80.2 Å². The Kier molecular flexibility index (Phi) is 74.3. The van der Waals surface area contributed by atoms with Crippen LogP contribution in [0.4, 0.5) is 0 Å². The van der Waals surface area contributed by atoms with E-state index in [4.69, 9.17) is 37.0 Å². The van der Waals surface area contributed by atoms with Gasteiger partial charge in [-0.15, -0.1) is 0 Å². The van der Waals surface area contributed by atoms with E-state index in [0.717, 1.165) is 180 Å². The third-order valence-electron chi connectivity index (χ3n) is 16.8. The number of allylic oxidation sites excluding steroid dienone is 24. The third kappa shape index (κ3) is 77.1. The van der Waals surface area contributed by atoms with Gasteiger partial charge in [0.1, 0.15) is 19.3 Å². The first-order valence-electron chi connectivity index (χ1n) is 41.1. The highest BCUT2D eigenvalue weighted by Crippen LogP contribution is 2.45. The van der Waals surface area contributed by atoms with Crippen molar-refractivity contribution in [1.29, 1.82) is 0 Å². The Morgan fingerprint density at radius 3 is 0.821 bits per heavy atom. The van der Waals surface area contributed by atoms with Gasteiger partial charge in [-0.05, 0) is 161 Å². The average molecular weight is 1530 g/mol. The van der Waals surface area contributed by atoms with Crippen LogP contribution in [-0.2, 0) is 65.4 Å². The standard InChI is InChI=1S/C87H146O17P2/c1-5-9-13-17-21-25-29-33-37-39-40-42-45-48-52-56-60-64-68-72-85(90)98-78-83(104-87(92)74-70-66-62-58-54-50-46-41-38-34-30-26-22-18-14-10-6-2)80-102-106(95,96)100-76-81(88)75-99-105(93,94)101-79-82(103-86(91)73-69-65-61-57-53-49-44-36-32-28-24-20-16-12-8-4)77-97-84(89)71-67-63-59-55-51-47-43-35-31-27-23-19-15-11-7-3/h9-10,13-14,21-23,25-27,33-38,40,42-44,46,50,58,62,81-83,88H,5-8,11-12,15-20,24,28-32,39,41,45,47-49,51-57,59-61,63-80H2,1-4H3,(H,93,94)(H,95,96)/b13-9-,14-10-,25-21-,26-22-,27-23-,37-33-,38-34-,42-40-,43-35-,44-36-,50-46-,62-58-. The molecule has 0 radical (unpaired) electrons. The van der Waals surface area contributed by atoms with Crippen molar-refractivity contribution in [3.05, 3.63) is 146 Å². The van der Waals surface area contributed by atoms with Gasteiger partial charge in [-0.2, -0.15) is 0 Å². The molecule has 0 aromatic carbocycles. The van der Waals surface area contributed by atoms with Gasteiger partial charge in [0, 0.05) is 25.7 Å². The second kappa shape index (κ2) is 78.1. The summed E-state index contributed by atoms with van der Waals surface area (Å²) < 4.78 is 68.6. The zero-order valence-corrected chi connectivity index (χ0v) is 68.1. The number of aliphatic hydroxyl groups is 1. The molecule has 0 saturated carbocycles. The molecule has 0 rings (SSSR count). The van der Waals surface area contributed by atoms with Crippen molar-refractivity contribution in [3.8, 4) is 0 Å². The lowest BCUT2D eigenvalue weighted by Gasteiger charge is -2.21. The van der Waals surface area contributed by atoms with E-state index in [1.807, 2.05) is 12.2 Å². The number of carbonyl (C=O) groups is 4. The zero-order valence-electron chi connectivity index (χ0n) is 66.3. The van der Waals surface area contributed by atoms with Gasteiger partial charge in [0.25, 0.3) is 0 Å². The third-order valence-corrected chi connectivity index (χ3v) is 18.7. The summed E-state index contributed by atoms with van der Waals surface area (Å²) in [5.41, 5.74) is 0. The van der Waals surface area contributed by atoms with E-state index >= 15 is 0 Å². The van der Waals surface area contributed by atoms with Crippen LogP contribution in [0.15, 0.2) is 146 Å². The van der Waals surface area contributed by atoms with E-state index < -0.39 is 97.5 Å². The number of aliphatic hydroxyl groups excluding tert-OH is 1. The molecule has 0 saturated heterocycles. The SMILES string of the molecule is CC/C=C\C/C=C\C/C=C\C/C=C\C/C=C\CCCC(=O)OC(COC(=O)CCCCCCCC/C=C\C/C=C\C/C=C\C/C=C\CC)COP(=O)(O)OCC(O)COP(=O)(O)OCC(COC(=O)CCCCCCC/C=C\C/C=C\CCCCC)OC(=O)CCCCCCC/C=C\CCCCCCCC. The fourth-order valence-electron chi connectivity index (χ4n) is 10.6. The van der Waals surface area contributed by atoms with Gasteiger partial charge in [0.05, 0.1) is 26.4 Å². The van der Waals surface area contributed by atoms with Crippen LogP contribution in [0.1, 0.15) is 323 Å². The van der Waals surface area contributed by atoms with Crippen LogP contribution in [-0.4, -0.2) is 96.7 Å². The topological polar surface area (TPSA) is 237 Å². The summed E-state index contributed by atoms with van der Waals surface area (Å²) in [4.78, 5) is 73.1. The van der Waals surface area contributed by atoms with Gasteiger partial charge >= 0.3 is 39.5 Å². The summed E-state index contributed by atoms with van der Waals surface area (Å²) in [6.45, 7) is 4.53. The second-order valence-corrected chi connectivity index (χ2v) is 29.8. The maximum atomic E-state index is 13.1. The molecule has 5 unspecified atom stereocenters. The molecule has 606 valence electrons. The predicted octanol–water partition coefficient (Wildman–Crippen LogP) is 24.2. The first kappa shape index (κ1) is 101. The number of rotatable bonds is 76. The number of unbranched alkanes of at least 4 members (excludes halogenated alkanes) is 26. The van der Waals surface area contributed by atoms with Crippen molar-refractivity contribution >= 4 is 39.5 Å². The summed E-state index contributed by atoms with van der Waals surface area (Å²) in [7, 11) is -10.00. The second-order valence-electron chi connectivity index (χ2n) is 26.9. The number of esters is 4. The quantitative estimate of drug-likeness (QED) is 0.0169. The Labute approximate surface area is 643 Å². The minimum Gasteiger partial charge on any atom is -0.462 e. The first-order valence-corrected chi connectivity index (χ1v) is 44.1. The molecule has 0 aliphatic rings. The van der Waals surface area contributed by atoms with E-state index in [2.05, 4.69) is 161 Å². The highest BCUT2D eigenvalue weighted by atomic mass is 31.2. The van der Waals surface area contributed by atoms with Crippen LogP contribution in [0.5, 0.6) is 0 Å². The van der Waals surface area contributed by atoms with Crippen molar-refractivity contribution in [1.82, 2.24) is 0 Å². The molecule has 19 heteroatoms. The summed E-state index contributed by atoms with van der Waals surface area (Å²) in [6.07, 6.45) is 89.6. The summed E-state index contributed by atoms with van der Waals surface area (Å²) in [5.74, 6) is -2.28. The maximum absolute atomic E-state index is 13.1. The molecule has 0 fully saturated rings. The van der Waals surface area contributed by atoms with Gasteiger partial charge in [-0.1, -0.05) is 283 Å². The Morgan fingerprint density at radius 2 is 0.500 bits per heavy atom. The van der Waals surface area contributed by atoms with E-state index in [-0.39, 0.29) is 25.7 Å². The molecule has 0 aromatic rings. The van der Waals surface area contributed by atoms with Crippen molar-refractivity contribution in [2.75, 3.05) is 39.6 Å². The molecule has 0 heterocycles. The lowest BCUT2D eigenvalue weighted by atomic mass is 10.1. The summed E-state index contributed by atoms with van der Waals surface area (Å²) in [5, 5.41) is 10.7. The van der Waals surface area contributed by atoms with Crippen LogP contribution >= 0.6 is 15.6 Å². The number of hydrogen-bond donors (Lipinski definition) is 3. The Bertz CT molecular complexity index is 2580. The fourth-order valence-corrected chi connectivity index (χ4v) is 12.1. The highest BCUT2D eigenvalue weighted by Gasteiger charge is 2.30. The molecule has 5 atom stereocenters. The number of phosphoric acid groups is 2. The molecular formula is C87H146O17P2. The lowest BCUT2D eigenvalue weighted by molar-refractivity contribution is -0.161. The minimum atomic E-state index is -5.00. The van der Waals surface area contributed by atoms with Gasteiger partial charge < -0.3 is 33.8 Å². The average Bonchev–Trinajstić information content (AvgIpc) is 0.907. The molecule has 0 aliphatic heterocycles. The lowest BCUT2D eigenvalue weighted by Crippen LogP contribution is -2.30. The normalized spacial score (nSPS) is 14.6. The van der Waals surface area contributed by atoms with Crippen LogP contribution in [0.2, 0.25) is 0 Å². The smallest absolute Gasteiger partial charge is 0.462 e. The van der Waals surface area contributed by atoms with Crippen LogP contribution in [0.3, 0.4) is 0 Å². The molecule has 0 bridgehead atoms. The number of phosphoric ester groups is 2. The number of carbonyl (C=O) groups excluding carboxylic acids is 4. The van der Waals surface area contributed by atoms with E-state index in [1.165, 1.54) is 57.8 Å². The van der Waals surface area contributed by atoms with Crippen molar-refractivity contribution in [2.45, 2.75) is 341 Å². The molecule has 0 aromatic heterocycles. The van der Waals surface area contributed by atoms with Gasteiger partial charge in [-0.25, -0.2) is 9.13 Å². The molecular weight excluding hydrogens is 1380 g/mol. The summed E-state index contributed by atoms with van der Waals surface area (Å²) in [6, 6.07) is 0. The van der Waals surface area contributed by atoms with Crippen LogP contribution in [0.25, 0.3) is 0 Å². The van der Waals surface area contributed by atoms with E-state index in [0.29, 0.717) is 32.1 Å². The fraction of sp³-hybridized carbons (Fsp3) is 0.678. The monoisotopic (exact) mass is 1530 g/mol. The Morgan fingerprint density at radius 1 is 0.274 bits per heavy atom. The molecule has 0 amide bonds. The van der Waals surface area contributed by atoms with E-state index in [9.17, 15) is 43.2 Å².